The van der Waals surface area contributed by atoms with Crippen molar-refractivity contribution in [1.29, 1.82) is 0 Å². The predicted molar refractivity (Wildman–Crippen MR) is 54.9 cm³/mol. The Morgan fingerprint density at radius 1 is 1.50 bits per heavy atom. The smallest absolute Gasteiger partial charge is 0.224 e. The van der Waals surface area contributed by atoms with E-state index in [4.69, 9.17) is 10.5 Å². The Kier molecular flexibility index (Phi) is 4.90. The first-order valence-corrected chi connectivity index (χ1v) is 5.35. The summed E-state index contributed by atoms with van der Waals surface area (Å²) in [5.41, 5.74) is 5.74. The Bertz CT molecular complexity index is 177. The van der Waals surface area contributed by atoms with Crippen molar-refractivity contribution in [2.24, 2.45) is 5.73 Å². The Morgan fingerprint density at radius 3 is 3.00 bits per heavy atom. The number of hydrogen-bond donors (Lipinski definition) is 1. The summed E-state index contributed by atoms with van der Waals surface area (Å²) < 4.78 is 5.28. The highest BCUT2D eigenvalue weighted by Crippen LogP contribution is 2.04. The fourth-order valence-corrected chi connectivity index (χ4v) is 1.49. The van der Waals surface area contributed by atoms with Crippen molar-refractivity contribution >= 4 is 5.91 Å². The summed E-state index contributed by atoms with van der Waals surface area (Å²) in [6, 6.07) is 0.00618. The van der Waals surface area contributed by atoms with Crippen LogP contribution in [0.25, 0.3) is 0 Å². The van der Waals surface area contributed by atoms with Crippen molar-refractivity contribution in [3.8, 4) is 0 Å². The van der Waals surface area contributed by atoms with Gasteiger partial charge in [0.1, 0.15) is 0 Å². The number of amides is 1. The molecular formula is C10H20N2O2. The lowest BCUT2D eigenvalue weighted by molar-refractivity contribution is -0.131. The maximum atomic E-state index is 11.7. The minimum absolute atomic E-state index is 0.00618. The molecule has 0 radical (unpaired) electrons. The topological polar surface area (TPSA) is 55.6 Å². The average molecular weight is 200 g/mol. The maximum Gasteiger partial charge on any atom is 0.224 e. The van der Waals surface area contributed by atoms with Gasteiger partial charge < -0.3 is 15.4 Å². The molecule has 1 rings (SSSR count). The van der Waals surface area contributed by atoms with Crippen LogP contribution >= 0.6 is 0 Å². The molecule has 1 aliphatic rings. The normalized spacial score (nSPS) is 20.3. The molecule has 1 fully saturated rings. The number of carbonyl (C=O) groups is 1. The molecule has 0 saturated carbocycles. The average Bonchev–Trinajstić information content (AvgIpc) is 2.45. The second kappa shape index (κ2) is 5.98. The van der Waals surface area contributed by atoms with Gasteiger partial charge in [0.15, 0.2) is 0 Å². The van der Waals surface area contributed by atoms with Crippen LogP contribution in [0.3, 0.4) is 0 Å². The lowest BCUT2D eigenvalue weighted by Gasteiger charge is -2.21. The Labute approximate surface area is 85.4 Å². The third kappa shape index (κ3) is 3.64. The summed E-state index contributed by atoms with van der Waals surface area (Å²) >= 11 is 0. The van der Waals surface area contributed by atoms with Crippen LogP contribution in [-0.4, -0.2) is 43.2 Å². The summed E-state index contributed by atoms with van der Waals surface area (Å²) in [5.74, 6) is 0.171. The first-order valence-electron chi connectivity index (χ1n) is 5.35. The molecule has 0 bridgehead atoms. The van der Waals surface area contributed by atoms with Crippen molar-refractivity contribution in [3.63, 3.8) is 0 Å². The van der Waals surface area contributed by atoms with Crippen LogP contribution in [-0.2, 0) is 9.53 Å². The van der Waals surface area contributed by atoms with E-state index < -0.39 is 0 Å². The molecule has 0 spiro atoms. The van der Waals surface area contributed by atoms with Crippen molar-refractivity contribution in [2.45, 2.75) is 32.2 Å². The Morgan fingerprint density at radius 2 is 2.29 bits per heavy atom. The van der Waals surface area contributed by atoms with Crippen molar-refractivity contribution in [2.75, 3.05) is 26.3 Å². The molecule has 1 heterocycles. The van der Waals surface area contributed by atoms with E-state index in [0.29, 0.717) is 13.0 Å². The van der Waals surface area contributed by atoms with Gasteiger partial charge in [0.05, 0.1) is 6.61 Å². The third-order valence-corrected chi connectivity index (χ3v) is 2.54. The number of carbonyl (C=O) groups excluding carboxylic acids is 1. The zero-order chi connectivity index (χ0) is 10.4. The SMILES string of the molecule is CCC(N)CC(=O)N1CCCOCC1. The van der Waals surface area contributed by atoms with Crippen LogP contribution in [0, 0.1) is 0 Å². The van der Waals surface area contributed by atoms with Crippen LogP contribution in [0.5, 0.6) is 0 Å². The van der Waals surface area contributed by atoms with E-state index in [0.717, 1.165) is 32.5 Å². The molecule has 1 aliphatic heterocycles. The van der Waals surface area contributed by atoms with Gasteiger partial charge in [-0.05, 0) is 12.8 Å². The molecule has 1 amide bonds. The van der Waals surface area contributed by atoms with Crippen molar-refractivity contribution in [3.05, 3.63) is 0 Å². The lowest BCUT2D eigenvalue weighted by atomic mass is 10.1. The number of nitrogens with zero attached hydrogens (tertiary/aromatic N) is 1. The zero-order valence-corrected chi connectivity index (χ0v) is 8.87. The zero-order valence-electron chi connectivity index (χ0n) is 8.87. The van der Waals surface area contributed by atoms with Gasteiger partial charge in [-0.15, -0.1) is 0 Å². The molecule has 0 aromatic carbocycles. The second-order valence-corrected chi connectivity index (χ2v) is 3.72. The largest absolute Gasteiger partial charge is 0.380 e. The van der Waals surface area contributed by atoms with E-state index in [2.05, 4.69) is 0 Å². The maximum absolute atomic E-state index is 11.7. The fourth-order valence-electron chi connectivity index (χ4n) is 1.49. The van der Waals surface area contributed by atoms with E-state index in [9.17, 15) is 4.79 Å². The second-order valence-electron chi connectivity index (χ2n) is 3.72. The number of rotatable bonds is 3. The number of nitrogens with two attached hydrogens (primary N) is 1. The van der Waals surface area contributed by atoms with Crippen LogP contribution in [0.15, 0.2) is 0 Å². The van der Waals surface area contributed by atoms with Crippen LogP contribution in [0.1, 0.15) is 26.2 Å². The van der Waals surface area contributed by atoms with Crippen molar-refractivity contribution in [1.82, 2.24) is 4.90 Å². The fraction of sp³-hybridized carbons (Fsp3) is 0.900. The van der Waals surface area contributed by atoms with E-state index in [1.165, 1.54) is 0 Å². The molecule has 4 nitrogen and oxygen atoms in total. The number of hydrogen-bond acceptors (Lipinski definition) is 3. The standard InChI is InChI=1S/C10H20N2O2/c1-2-9(11)8-10(13)12-4-3-6-14-7-5-12/h9H,2-8,11H2,1H3. The summed E-state index contributed by atoms with van der Waals surface area (Å²) in [4.78, 5) is 13.6. The first kappa shape index (κ1) is 11.5. The highest BCUT2D eigenvalue weighted by atomic mass is 16.5. The molecule has 1 unspecified atom stereocenters. The third-order valence-electron chi connectivity index (χ3n) is 2.54. The summed E-state index contributed by atoms with van der Waals surface area (Å²) in [7, 11) is 0. The molecular weight excluding hydrogens is 180 g/mol. The highest BCUT2D eigenvalue weighted by Gasteiger charge is 2.17. The molecule has 2 N–H and O–H groups in total. The van der Waals surface area contributed by atoms with Gasteiger partial charge in [-0.2, -0.15) is 0 Å². The van der Waals surface area contributed by atoms with E-state index in [-0.39, 0.29) is 11.9 Å². The molecule has 0 aromatic heterocycles. The van der Waals surface area contributed by atoms with E-state index in [1.54, 1.807) is 0 Å². The lowest BCUT2D eigenvalue weighted by Crippen LogP contribution is -2.37. The quantitative estimate of drug-likeness (QED) is 0.715. The van der Waals surface area contributed by atoms with Gasteiger partial charge in [-0.1, -0.05) is 6.92 Å². The Hall–Kier alpha value is -0.610. The molecule has 82 valence electrons. The molecule has 1 saturated heterocycles. The van der Waals surface area contributed by atoms with Crippen LogP contribution in [0.4, 0.5) is 0 Å². The summed E-state index contributed by atoms with van der Waals surface area (Å²) in [6.07, 6.45) is 2.26. The molecule has 14 heavy (non-hydrogen) atoms. The van der Waals surface area contributed by atoms with Gasteiger partial charge in [-0.25, -0.2) is 0 Å². The highest BCUT2D eigenvalue weighted by molar-refractivity contribution is 5.76. The van der Waals surface area contributed by atoms with Gasteiger partial charge >= 0.3 is 0 Å². The first-order chi connectivity index (χ1) is 6.74. The minimum Gasteiger partial charge on any atom is -0.380 e. The van der Waals surface area contributed by atoms with E-state index >= 15 is 0 Å². The van der Waals surface area contributed by atoms with Gasteiger partial charge in [0.2, 0.25) is 5.91 Å². The van der Waals surface area contributed by atoms with Crippen LogP contribution in [0.2, 0.25) is 0 Å². The van der Waals surface area contributed by atoms with Gasteiger partial charge in [0.25, 0.3) is 0 Å². The van der Waals surface area contributed by atoms with Gasteiger partial charge in [-0.3, -0.25) is 4.79 Å². The van der Waals surface area contributed by atoms with E-state index in [1.807, 2.05) is 11.8 Å². The predicted octanol–water partition coefficient (Wildman–Crippen LogP) is 0.363. The number of ether oxygens (including phenoxy) is 1. The monoisotopic (exact) mass is 200 g/mol. The Balaban J connectivity index is 2.34. The van der Waals surface area contributed by atoms with Crippen molar-refractivity contribution < 1.29 is 9.53 Å². The minimum atomic E-state index is 0.00618. The molecule has 0 aliphatic carbocycles. The molecule has 1 atom stereocenters. The molecule has 0 aromatic rings. The van der Waals surface area contributed by atoms with Gasteiger partial charge in [0, 0.05) is 32.2 Å². The summed E-state index contributed by atoms with van der Waals surface area (Å²) in [5, 5.41) is 0. The van der Waals surface area contributed by atoms with Crippen LogP contribution < -0.4 is 5.73 Å². The molecule has 4 heteroatoms. The summed E-state index contributed by atoms with van der Waals surface area (Å²) in [6.45, 7) is 4.96.